The molecule has 0 fully saturated rings. The summed E-state index contributed by atoms with van der Waals surface area (Å²) >= 11 is 0. The van der Waals surface area contributed by atoms with Crippen molar-refractivity contribution in [2.75, 3.05) is 5.32 Å². The molecule has 0 aliphatic heterocycles. The maximum Gasteiger partial charge on any atom is 0.416 e. The highest BCUT2D eigenvalue weighted by molar-refractivity contribution is 6.03. The van der Waals surface area contributed by atoms with Gasteiger partial charge in [0.1, 0.15) is 5.82 Å². The largest absolute Gasteiger partial charge is 0.416 e. The number of aryl methyl sites for hydroxylation is 1. The Morgan fingerprint density at radius 3 is 2.35 bits per heavy atom. The van der Waals surface area contributed by atoms with Crippen LogP contribution in [0.3, 0.4) is 0 Å². The lowest BCUT2D eigenvalue weighted by molar-refractivity contribution is -0.137. The molecule has 9 heteroatoms. The maximum atomic E-state index is 13.1. The zero-order chi connectivity index (χ0) is 22.0. The van der Waals surface area contributed by atoms with Crippen LogP contribution in [-0.2, 0) is 6.18 Å². The second-order valence-corrected chi connectivity index (χ2v) is 6.75. The van der Waals surface area contributed by atoms with Gasteiger partial charge in [-0.1, -0.05) is 36.4 Å². The van der Waals surface area contributed by atoms with Gasteiger partial charge in [0, 0.05) is 24.0 Å². The fourth-order valence-electron chi connectivity index (χ4n) is 2.97. The first-order chi connectivity index (χ1) is 14.8. The molecule has 2 aromatic carbocycles. The van der Waals surface area contributed by atoms with Crippen molar-refractivity contribution >= 4 is 11.7 Å². The Hall–Kier alpha value is -4.01. The van der Waals surface area contributed by atoms with Crippen molar-refractivity contribution in [1.82, 2.24) is 19.7 Å². The third kappa shape index (κ3) is 4.45. The third-order valence-corrected chi connectivity index (χ3v) is 4.44. The van der Waals surface area contributed by atoms with Crippen LogP contribution in [-0.4, -0.2) is 25.7 Å². The van der Waals surface area contributed by atoms with E-state index in [4.69, 9.17) is 0 Å². The second-order valence-electron chi connectivity index (χ2n) is 6.75. The van der Waals surface area contributed by atoms with Gasteiger partial charge in [0.05, 0.1) is 22.5 Å². The van der Waals surface area contributed by atoms with Gasteiger partial charge in [-0.25, -0.2) is 14.6 Å². The molecule has 6 nitrogen and oxygen atoms in total. The van der Waals surface area contributed by atoms with E-state index in [9.17, 15) is 18.0 Å². The zero-order valence-electron chi connectivity index (χ0n) is 16.3. The SMILES string of the molecule is Cc1cc(NC(=O)c2cnc(-c3ccccc3)nc2)n(-c2cccc(C(F)(F)F)c2)n1. The fraction of sp³-hybridized carbons (Fsp3) is 0.0909. The van der Waals surface area contributed by atoms with Gasteiger partial charge in [0.15, 0.2) is 5.82 Å². The summed E-state index contributed by atoms with van der Waals surface area (Å²) in [6.07, 6.45) is -1.70. The number of halogens is 3. The zero-order valence-corrected chi connectivity index (χ0v) is 16.3. The molecule has 4 rings (SSSR count). The highest BCUT2D eigenvalue weighted by Crippen LogP contribution is 2.31. The summed E-state index contributed by atoms with van der Waals surface area (Å²) < 4.78 is 40.4. The highest BCUT2D eigenvalue weighted by Gasteiger charge is 2.30. The van der Waals surface area contributed by atoms with Crippen LogP contribution in [0.1, 0.15) is 21.6 Å². The molecule has 156 valence electrons. The van der Waals surface area contributed by atoms with Gasteiger partial charge in [0.25, 0.3) is 5.91 Å². The maximum absolute atomic E-state index is 13.1. The standard InChI is InChI=1S/C22H16F3N5O/c1-14-10-19(30(29-14)18-9-5-8-17(11-18)22(23,24)25)28-21(31)16-12-26-20(27-13-16)15-6-3-2-4-7-15/h2-13H,1H3,(H,28,31). The summed E-state index contributed by atoms with van der Waals surface area (Å²) in [6.45, 7) is 1.68. The van der Waals surface area contributed by atoms with Crippen LogP contribution in [0.25, 0.3) is 17.1 Å². The van der Waals surface area contributed by atoms with E-state index in [1.54, 1.807) is 13.0 Å². The Morgan fingerprint density at radius 2 is 1.68 bits per heavy atom. The number of hydrogen-bond donors (Lipinski definition) is 1. The van der Waals surface area contributed by atoms with E-state index in [0.717, 1.165) is 17.7 Å². The first-order valence-corrected chi connectivity index (χ1v) is 9.24. The van der Waals surface area contributed by atoms with Crippen LogP contribution in [0.2, 0.25) is 0 Å². The van der Waals surface area contributed by atoms with Crippen LogP contribution in [0, 0.1) is 6.92 Å². The number of alkyl halides is 3. The second kappa shape index (κ2) is 8.02. The van der Waals surface area contributed by atoms with Crippen molar-refractivity contribution in [3.8, 4) is 17.1 Å². The van der Waals surface area contributed by atoms with Crippen LogP contribution < -0.4 is 5.32 Å². The number of carbonyl (C=O) groups is 1. The molecule has 0 aliphatic rings. The lowest BCUT2D eigenvalue weighted by Crippen LogP contribution is -2.16. The van der Waals surface area contributed by atoms with Gasteiger partial charge in [-0.05, 0) is 25.1 Å². The Labute approximate surface area is 175 Å². The van der Waals surface area contributed by atoms with E-state index in [1.807, 2.05) is 30.3 Å². The Bertz CT molecular complexity index is 1220. The summed E-state index contributed by atoms with van der Waals surface area (Å²) in [4.78, 5) is 21.1. The number of amides is 1. The molecule has 0 saturated carbocycles. The predicted molar refractivity (Wildman–Crippen MR) is 109 cm³/mol. The number of anilines is 1. The molecule has 1 N–H and O–H groups in total. The molecule has 31 heavy (non-hydrogen) atoms. The van der Waals surface area contributed by atoms with Crippen molar-refractivity contribution in [2.45, 2.75) is 13.1 Å². The molecular formula is C22H16F3N5O. The van der Waals surface area contributed by atoms with Gasteiger partial charge in [0.2, 0.25) is 0 Å². The molecule has 0 aliphatic carbocycles. The number of aromatic nitrogens is 4. The summed E-state index contributed by atoms with van der Waals surface area (Å²) in [5.74, 6) is 0.198. The van der Waals surface area contributed by atoms with Crippen molar-refractivity contribution in [3.63, 3.8) is 0 Å². The Morgan fingerprint density at radius 1 is 0.968 bits per heavy atom. The van der Waals surface area contributed by atoms with E-state index < -0.39 is 17.6 Å². The highest BCUT2D eigenvalue weighted by atomic mass is 19.4. The minimum Gasteiger partial charge on any atom is -0.306 e. The lowest BCUT2D eigenvalue weighted by Gasteiger charge is -2.12. The topological polar surface area (TPSA) is 72.7 Å². The van der Waals surface area contributed by atoms with Gasteiger partial charge in [-0.15, -0.1) is 0 Å². The summed E-state index contributed by atoms with van der Waals surface area (Å²) in [7, 11) is 0. The monoisotopic (exact) mass is 423 g/mol. The third-order valence-electron chi connectivity index (χ3n) is 4.44. The van der Waals surface area contributed by atoms with Crippen LogP contribution in [0.15, 0.2) is 73.1 Å². The molecule has 0 unspecified atom stereocenters. The van der Waals surface area contributed by atoms with E-state index >= 15 is 0 Å². The van der Waals surface area contributed by atoms with Gasteiger partial charge in [-0.2, -0.15) is 18.3 Å². The van der Waals surface area contributed by atoms with Crippen LogP contribution >= 0.6 is 0 Å². The molecule has 2 heterocycles. The molecule has 0 bridgehead atoms. The van der Waals surface area contributed by atoms with E-state index in [0.29, 0.717) is 11.5 Å². The number of hydrogen-bond acceptors (Lipinski definition) is 4. The molecule has 0 saturated heterocycles. The number of benzene rings is 2. The predicted octanol–water partition coefficient (Wildman–Crippen LogP) is 4.91. The number of rotatable bonds is 4. The Kier molecular flexibility index (Phi) is 5.24. The summed E-state index contributed by atoms with van der Waals surface area (Å²) in [5.41, 5.74) is 0.916. The average Bonchev–Trinajstić information content (AvgIpc) is 3.14. The van der Waals surface area contributed by atoms with E-state index in [-0.39, 0.29) is 17.1 Å². The van der Waals surface area contributed by atoms with E-state index in [1.165, 1.54) is 29.2 Å². The lowest BCUT2D eigenvalue weighted by atomic mass is 10.2. The number of nitrogens with zero attached hydrogens (tertiary/aromatic N) is 4. The quantitative estimate of drug-likeness (QED) is 0.506. The molecule has 0 atom stereocenters. The van der Waals surface area contributed by atoms with Gasteiger partial charge >= 0.3 is 6.18 Å². The first-order valence-electron chi connectivity index (χ1n) is 9.24. The number of carbonyl (C=O) groups excluding carboxylic acids is 1. The van der Waals surface area contributed by atoms with E-state index in [2.05, 4.69) is 20.4 Å². The summed E-state index contributed by atoms with van der Waals surface area (Å²) in [5, 5.41) is 6.87. The minimum atomic E-state index is -4.49. The smallest absolute Gasteiger partial charge is 0.306 e. The van der Waals surface area contributed by atoms with Crippen LogP contribution in [0.4, 0.5) is 19.0 Å². The van der Waals surface area contributed by atoms with Gasteiger partial charge in [-0.3, -0.25) is 4.79 Å². The Balaban J connectivity index is 1.59. The average molecular weight is 423 g/mol. The van der Waals surface area contributed by atoms with Gasteiger partial charge < -0.3 is 5.32 Å². The molecule has 2 aromatic heterocycles. The first kappa shape index (κ1) is 20.3. The van der Waals surface area contributed by atoms with Crippen molar-refractivity contribution in [1.29, 1.82) is 0 Å². The van der Waals surface area contributed by atoms with Crippen LogP contribution in [0.5, 0.6) is 0 Å². The van der Waals surface area contributed by atoms with Crippen molar-refractivity contribution in [3.05, 3.63) is 89.9 Å². The molecule has 1 amide bonds. The normalized spacial score (nSPS) is 11.4. The fourth-order valence-corrected chi connectivity index (χ4v) is 2.97. The van der Waals surface area contributed by atoms with Crippen molar-refractivity contribution in [2.24, 2.45) is 0 Å². The molecule has 0 radical (unpaired) electrons. The van der Waals surface area contributed by atoms with Crippen molar-refractivity contribution < 1.29 is 18.0 Å². The number of nitrogens with one attached hydrogen (secondary N) is 1. The molecule has 4 aromatic rings. The molecule has 0 spiro atoms. The molecular weight excluding hydrogens is 407 g/mol. The minimum absolute atomic E-state index is 0.175. The summed E-state index contributed by atoms with van der Waals surface area (Å²) in [6, 6.07) is 15.6.